The molecule has 0 aliphatic heterocycles. The highest BCUT2D eigenvalue weighted by molar-refractivity contribution is 9.12. The summed E-state index contributed by atoms with van der Waals surface area (Å²) in [6.45, 7) is 0.796. The molecule has 0 unspecified atom stereocenters. The Balaban J connectivity index is 1.96. The van der Waals surface area contributed by atoms with Gasteiger partial charge in [0.25, 0.3) is 0 Å². The molecule has 0 saturated heterocycles. The molecule has 1 N–H and O–H groups in total. The Morgan fingerprint density at radius 3 is 2.59 bits per heavy atom. The number of benzene rings is 1. The predicted octanol–water partition coefficient (Wildman–Crippen LogP) is 2.39. The molecule has 3 rings (SSSR count). The average Bonchev–Trinajstić information content (AvgIpc) is 2.66. The van der Waals surface area contributed by atoms with E-state index in [1.807, 2.05) is 0 Å². The number of hydrogen-bond donors (Lipinski definition) is 1. The van der Waals surface area contributed by atoms with Gasteiger partial charge in [-0.15, -0.1) is 0 Å². The van der Waals surface area contributed by atoms with Gasteiger partial charge < -0.3 is 19.5 Å². The summed E-state index contributed by atoms with van der Waals surface area (Å²) in [5, 5.41) is 3.52. The van der Waals surface area contributed by atoms with E-state index in [1.165, 1.54) is 25.6 Å². The van der Waals surface area contributed by atoms with Crippen LogP contribution in [0.5, 0.6) is 11.5 Å². The molecule has 9 heteroatoms. The number of ketones is 2. The molecule has 0 saturated carbocycles. The van der Waals surface area contributed by atoms with Crippen LogP contribution in [0.15, 0.2) is 40.8 Å². The van der Waals surface area contributed by atoms with Crippen LogP contribution in [-0.4, -0.2) is 49.0 Å². The lowest BCUT2D eigenvalue weighted by molar-refractivity contribution is -0.114. The number of nitrogens with one attached hydrogen (secondary N) is 1. The van der Waals surface area contributed by atoms with Crippen LogP contribution in [-0.2, 0) is 14.3 Å². The molecule has 0 amide bonds. The van der Waals surface area contributed by atoms with Crippen LogP contribution < -0.4 is 14.8 Å². The first-order valence-electron chi connectivity index (χ1n) is 7.92. The second-order valence-corrected chi connectivity index (χ2v) is 6.34. The van der Waals surface area contributed by atoms with Crippen molar-refractivity contribution in [3.05, 3.63) is 40.8 Å². The fraction of sp³-hybridized carbons (Fsp3) is 0.222. The third-order valence-corrected chi connectivity index (χ3v) is 4.37. The lowest BCUT2D eigenvalue weighted by Gasteiger charge is -2.15. The van der Waals surface area contributed by atoms with E-state index in [9.17, 15) is 9.59 Å². The van der Waals surface area contributed by atoms with Crippen LogP contribution in [0.1, 0.15) is 0 Å². The van der Waals surface area contributed by atoms with Crippen LogP contribution in [0.2, 0.25) is 0 Å². The van der Waals surface area contributed by atoms with Crippen molar-refractivity contribution in [3.63, 3.8) is 0 Å². The van der Waals surface area contributed by atoms with E-state index in [0.717, 1.165) is 0 Å². The Morgan fingerprint density at radius 2 is 1.85 bits per heavy atom. The molecule has 1 aliphatic rings. The second kappa shape index (κ2) is 8.28. The van der Waals surface area contributed by atoms with E-state index in [2.05, 4.69) is 31.2 Å². The Hall–Kier alpha value is -2.78. The minimum atomic E-state index is -0.334. The van der Waals surface area contributed by atoms with Gasteiger partial charge >= 0.3 is 0 Å². The van der Waals surface area contributed by atoms with Gasteiger partial charge in [-0.25, -0.2) is 9.97 Å². The molecule has 140 valence electrons. The average molecular weight is 434 g/mol. The van der Waals surface area contributed by atoms with Gasteiger partial charge in [-0.3, -0.25) is 9.59 Å². The lowest BCUT2D eigenvalue weighted by Crippen LogP contribution is -2.17. The molecule has 1 aliphatic carbocycles. The fourth-order valence-electron chi connectivity index (χ4n) is 2.43. The zero-order chi connectivity index (χ0) is 19.4. The molecule has 0 atom stereocenters. The maximum atomic E-state index is 12.1. The molecule has 0 fully saturated rings. The van der Waals surface area contributed by atoms with E-state index < -0.39 is 0 Å². The van der Waals surface area contributed by atoms with Gasteiger partial charge in [-0.05, 0) is 22.0 Å². The zero-order valence-electron chi connectivity index (χ0n) is 14.6. The first kappa shape index (κ1) is 19.0. The number of carbonyl (C=O) groups is 2. The second-order valence-electron chi connectivity index (χ2n) is 5.49. The molecule has 1 aromatic carbocycles. The third kappa shape index (κ3) is 4.15. The van der Waals surface area contributed by atoms with Crippen LogP contribution in [0, 0.1) is 0 Å². The smallest absolute Gasteiger partial charge is 0.203 e. The molecule has 0 bridgehead atoms. The van der Waals surface area contributed by atoms with Gasteiger partial charge in [0.05, 0.1) is 29.4 Å². The maximum Gasteiger partial charge on any atom is 0.203 e. The summed E-state index contributed by atoms with van der Waals surface area (Å²) in [6, 6.07) is 3.43. The van der Waals surface area contributed by atoms with Crippen molar-refractivity contribution in [3.8, 4) is 11.5 Å². The zero-order valence-corrected chi connectivity index (χ0v) is 16.2. The fourth-order valence-corrected chi connectivity index (χ4v) is 2.75. The molecule has 1 heterocycles. The number of carbonyl (C=O) groups excluding carboxylic acids is 2. The van der Waals surface area contributed by atoms with Crippen molar-refractivity contribution in [1.29, 1.82) is 0 Å². The van der Waals surface area contributed by atoms with E-state index >= 15 is 0 Å². The van der Waals surface area contributed by atoms with E-state index in [1.54, 1.807) is 19.2 Å². The minimum absolute atomic E-state index is 0.127. The highest BCUT2D eigenvalue weighted by Gasteiger charge is 2.20. The summed E-state index contributed by atoms with van der Waals surface area (Å²) in [5.74, 6) is 0.739. The topological polar surface area (TPSA) is 99.6 Å². The molecule has 0 spiro atoms. The molecular weight excluding hydrogens is 418 g/mol. The highest BCUT2D eigenvalue weighted by atomic mass is 79.9. The third-order valence-electron chi connectivity index (χ3n) is 3.75. The van der Waals surface area contributed by atoms with Gasteiger partial charge in [0.15, 0.2) is 17.3 Å². The van der Waals surface area contributed by atoms with Crippen LogP contribution in [0.25, 0.3) is 10.9 Å². The SMILES string of the molecule is COCCOc1cc2ncnc(NC3=CC(=O)C(Br)=CC3=O)c2cc1OC. The summed E-state index contributed by atoms with van der Waals surface area (Å²) in [7, 11) is 3.11. The molecule has 2 aromatic rings. The van der Waals surface area contributed by atoms with E-state index in [-0.39, 0.29) is 21.7 Å². The number of methoxy groups -OCH3 is 2. The van der Waals surface area contributed by atoms with Gasteiger partial charge in [-0.1, -0.05) is 0 Å². The van der Waals surface area contributed by atoms with Crippen LogP contribution in [0.3, 0.4) is 0 Å². The Kier molecular flexibility index (Phi) is 5.82. The standard InChI is InChI=1S/C18H16BrN3O5/c1-25-3-4-27-17-8-12-10(5-16(17)26-2)18(21-9-20-12)22-13-7-14(23)11(19)6-15(13)24/h5-9H,3-4H2,1-2H3,(H,20,21,22). The molecule has 0 radical (unpaired) electrons. The number of hydrogen-bond acceptors (Lipinski definition) is 8. The normalized spacial score (nSPS) is 14.0. The predicted molar refractivity (Wildman–Crippen MR) is 102 cm³/mol. The van der Waals surface area contributed by atoms with Gasteiger partial charge in [0.1, 0.15) is 18.8 Å². The summed E-state index contributed by atoms with van der Waals surface area (Å²) >= 11 is 3.05. The number of aromatic nitrogens is 2. The van der Waals surface area contributed by atoms with Crippen LogP contribution >= 0.6 is 15.9 Å². The lowest BCUT2D eigenvalue weighted by atomic mass is 10.1. The van der Waals surface area contributed by atoms with Crippen molar-refractivity contribution >= 4 is 44.2 Å². The van der Waals surface area contributed by atoms with Gasteiger partial charge in [0.2, 0.25) is 5.78 Å². The van der Waals surface area contributed by atoms with Crippen molar-refractivity contribution in [2.24, 2.45) is 0 Å². The summed E-state index contributed by atoms with van der Waals surface area (Å²) in [5.41, 5.74) is 0.718. The first-order chi connectivity index (χ1) is 13.0. The quantitative estimate of drug-likeness (QED) is 0.524. The minimum Gasteiger partial charge on any atom is -0.493 e. The van der Waals surface area contributed by atoms with E-state index in [4.69, 9.17) is 14.2 Å². The van der Waals surface area contributed by atoms with Crippen LogP contribution in [0.4, 0.5) is 5.82 Å². The van der Waals surface area contributed by atoms with Crippen molar-refractivity contribution < 1.29 is 23.8 Å². The highest BCUT2D eigenvalue weighted by Crippen LogP contribution is 2.34. The largest absolute Gasteiger partial charge is 0.493 e. The number of ether oxygens (including phenoxy) is 3. The van der Waals surface area contributed by atoms with Gasteiger partial charge in [-0.2, -0.15) is 0 Å². The van der Waals surface area contributed by atoms with E-state index in [0.29, 0.717) is 41.4 Å². The summed E-state index contributed by atoms with van der Waals surface area (Å²) < 4.78 is 16.2. The number of allylic oxidation sites excluding steroid dienone is 3. The monoisotopic (exact) mass is 433 g/mol. The maximum absolute atomic E-state index is 12.1. The Morgan fingerprint density at radius 1 is 1.04 bits per heavy atom. The molecule has 1 aromatic heterocycles. The van der Waals surface area contributed by atoms with Crippen molar-refractivity contribution in [1.82, 2.24) is 9.97 Å². The summed E-state index contributed by atoms with van der Waals surface area (Å²) in [6.07, 6.45) is 3.80. The number of halogens is 1. The molecule has 27 heavy (non-hydrogen) atoms. The number of anilines is 1. The number of fused-ring (bicyclic) bond motifs is 1. The van der Waals surface area contributed by atoms with Crippen molar-refractivity contribution in [2.75, 3.05) is 32.8 Å². The number of nitrogens with zero attached hydrogens (tertiary/aromatic N) is 2. The van der Waals surface area contributed by atoms with Crippen molar-refractivity contribution in [2.45, 2.75) is 0 Å². The number of rotatable bonds is 7. The Labute approximate surface area is 163 Å². The Bertz CT molecular complexity index is 971. The molecule has 8 nitrogen and oxygen atoms in total. The first-order valence-corrected chi connectivity index (χ1v) is 8.72. The van der Waals surface area contributed by atoms with Gasteiger partial charge in [0, 0.05) is 30.7 Å². The molecular formula is C18H16BrN3O5. The summed E-state index contributed by atoms with van der Waals surface area (Å²) in [4.78, 5) is 32.4.